The SMILES string of the molecule is CCC1Nc2ccccc2N1c1ccccc1-c1cccc(-c2cccc(-c3nc(-c4ccccc4)nc(-c4ccccc4)n3)c2)c1. The van der Waals surface area contributed by atoms with Crippen molar-refractivity contribution in [2.24, 2.45) is 0 Å². The normalized spacial score (nSPS) is 13.6. The first-order valence-electron chi connectivity index (χ1n) is 16.1. The third-order valence-electron chi connectivity index (χ3n) is 8.67. The van der Waals surface area contributed by atoms with Crippen molar-refractivity contribution in [3.05, 3.63) is 158 Å². The minimum Gasteiger partial charge on any atom is -0.363 e. The molecule has 0 amide bonds. The first kappa shape index (κ1) is 28.4. The molecule has 5 heteroatoms. The molecule has 5 nitrogen and oxygen atoms in total. The number of hydrogen-bond donors (Lipinski definition) is 1. The molecule has 47 heavy (non-hydrogen) atoms. The fraction of sp³-hybridized carbons (Fsp3) is 0.0714. The summed E-state index contributed by atoms with van der Waals surface area (Å²) in [6.07, 6.45) is 1.17. The summed E-state index contributed by atoms with van der Waals surface area (Å²) in [5.74, 6) is 1.95. The molecule has 1 aromatic heterocycles. The molecule has 0 saturated carbocycles. The summed E-state index contributed by atoms with van der Waals surface area (Å²) in [6.45, 7) is 2.23. The van der Waals surface area contributed by atoms with Crippen LogP contribution in [0.1, 0.15) is 13.3 Å². The van der Waals surface area contributed by atoms with Gasteiger partial charge in [-0.15, -0.1) is 0 Å². The van der Waals surface area contributed by atoms with Crippen molar-refractivity contribution in [1.29, 1.82) is 0 Å². The average Bonchev–Trinajstić information content (AvgIpc) is 3.54. The number of benzene rings is 6. The van der Waals surface area contributed by atoms with Gasteiger partial charge >= 0.3 is 0 Å². The fourth-order valence-corrected chi connectivity index (χ4v) is 6.37. The summed E-state index contributed by atoms with van der Waals surface area (Å²) in [6, 6.07) is 54.7. The van der Waals surface area contributed by atoms with E-state index in [1.54, 1.807) is 0 Å². The minimum atomic E-state index is 0.190. The van der Waals surface area contributed by atoms with Gasteiger partial charge < -0.3 is 10.2 Å². The summed E-state index contributed by atoms with van der Waals surface area (Å²) in [7, 11) is 0. The van der Waals surface area contributed by atoms with Gasteiger partial charge in [-0.2, -0.15) is 0 Å². The zero-order valence-electron chi connectivity index (χ0n) is 26.1. The molecule has 0 fully saturated rings. The average molecular weight is 608 g/mol. The Labute approximate surface area is 275 Å². The van der Waals surface area contributed by atoms with E-state index in [1.807, 2.05) is 60.7 Å². The van der Waals surface area contributed by atoms with Crippen molar-refractivity contribution < 1.29 is 0 Å². The highest BCUT2D eigenvalue weighted by Gasteiger charge is 2.29. The van der Waals surface area contributed by atoms with Crippen molar-refractivity contribution in [3.63, 3.8) is 0 Å². The summed E-state index contributed by atoms with van der Waals surface area (Å²) >= 11 is 0. The number of nitrogens with zero attached hydrogens (tertiary/aromatic N) is 4. The van der Waals surface area contributed by atoms with Gasteiger partial charge in [-0.25, -0.2) is 15.0 Å². The highest BCUT2D eigenvalue weighted by atomic mass is 15.3. The second-order valence-electron chi connectivity index (χ2n) is 11.7. The van der Waals surface area contributed by atoms with Crippen LogP contribution in [0, 0.1) is 0 Å². The maximum Gasteiger partial charge on any atom is 0.164 e. The van der Waals surface area contributed by atoms with Crippen LogP contribution >= 0.6 is 0 Å². The molecule has 1 N–H and O–H groups in total. The van der Waals surface area contributed by atoms with Crippen LogP contribution in [0.4, 0.5) is 17.1 Å². The summed E-state index contributed by atoms with van der Waals surface area (Å²) in [5, 5.41) is 3.71. The van der Waals surface area contributed by atoms with Crippen molar-refractivity contribution >= 4 is 17.1 Å². The second-order valence-corrected chi connectivity index (χ2v) is 11.7. The Morgan fingerprint density at radius 1 is 0.468 bits per heavy atom. The maximum absolute atomic E-state index is 4.95. The maximum atomic E-state index is 4.95. The molecule has 0 saturated heterocycles. The van der Waals surface area contributed by atoms with Gasteiger partial charge in [-0.3, -0.25) is 0 Å². The smallest absolute Gasteiger partial charge is 0.164 e. The van der Waals surface area contributed by atoms with E-state index in [9.17, 15) is 0 Å². The van der Waals surface area contributed by atoms with E-state index in [2.05, 4.69) is 114 Å². The van der Waals surface area contributed by atoms with Gasteiger partial charge in [0, 0.05) is 22.3 Å². The standard InChI is InChI=1S/C42H33N5/c1-2-39-43-36-24-10-12-26-38(36)47(39)37-25-11-9-23-35(37)33-21-13-19-31(27-33)32-20-14-22-34(28-32)42-45-40(29-15-5-3-6-16-29)44-41(46-42)30-17-7-4-8-18-30/h3-28,39,43H,2H2,1H3. The molecule has 7 aromatic rings. The lowest BCUT2D eigenvalue weighted by molar-refractivity contribution is 0.729. The molecule has 1 aliphatic rings. The van der Waals surface area contributed by atoms with Gasteiger partial charge in [-0.1, -0.05) is 134 Å². The molecule has 2 heterocycles. The highest BCUT2D eigenvalue weighted by molar-refractivity contribution is 5.90. The fourth-order valence-electron chi connectivity index (χ4n) is 6.37. The van der Waals surface area contributed by atoms with E-state index < -0.39 is 0 Å². The molecule has 1 atom stereocenters. The lowest BCUT2D eigenvalue weighted by Crippen LogP contribution is -2.31. The number of hydrogen-bond acceptors (Lipinski definition) is 5. The quantitative estimate of drug-likeness (QED) is 0.195. The summed E-state index contributed by atoms with van der Waals surface area (Å²) in [4.78, 5) is 17.2. The van der Waals surface area contributed by atoms with Crippen LogP contribution in [0.25, 0.3) is 56.4 Å². The molecular formula is C42H33N5. The predicted octanol–water partition coefficient (Wildman–Crippen LogP) is 10.5. The number of rotatable bonds is 7. The highest BCUT2D eigenvalue weighted by Crippen LogP contribution is 2.44. The third kappa shape index (κ3) is 5.53. The zero-order chi connectivity index (χ0) is 31.6. The van der Waals surface area contributed by atoms with Crippen LogP contribution in [-0.4, -0.2) is 21.1 Å². The first-order valence-corrected chi connectivity index (χ1v) is 16.1. The Balaban J connectivity index is 1.19. The Kier molecular flexibility index (Phi) is 7.48. The van der Waals surface area contributed by atoms with Gasteiger partial charge in [0.1, 0.15) is 6.17 Å². The van der Waals surface area contributed by atoms with Crippen molar-refractivity contribution in [2.75, 3.05) is 10.2 Å². The second kappa shape index (κ2) is 12.4. The topological polar surface area (TPSA) is 53.9 Å². The van der Waals surface area contributed by atoms with E-state index in [-0.39, 0.29) is 6.17 Å². The predicted molar refractivity (Wildman–Crippen MR) is 193 cm³/mol. The van der Waals surface area contributed by atoms with Gasteiger partial charge in [0.05, 0.1) is 17.1 Å². The molecule has 0 radical (unpaired) electrons. The largest absolute Gasteiger partial charge is 0.363 e. The van der Waals surface area contributed by atoms with E-state index in [1.165, 1.54) is 28.2 Å². The molecule has 6 aromatic carbocycles. The van der Waals surface area contributed by atoms with Gasteiger partial charge in [0.2, 0.25) is 0 Å². The molecule has 1 aliphatic heterocycles. The van der Waals surface area contributed by atoms with Crippen LogP contribution in [0.3, 0.4) is 0 Å². The molecule has 8 rings (SSSR count). The van der Waals surface area contributed by atoms with Gasteiger partial charge in [-0.05, 0) is 53.4 Å². The van der Waals surface area contributed by atoms with Crippen LogP contribution in [0.2, 0.25) is 0 Å². The van der Waals surface area contributed by atoms with E-state index >= 15 is 0 Å². The van der Waals surface area contributed by atoms with E-state index in [0.29, 0.717) is 17.5 Å². The first-order chi connectivity index (χ1) is 23.2. The molecule has 0 spiro atoms. The number of nitrogens with one attached hydrogen (secondary N) is 1. The molecular weight excluding hydrogens is 574 g/mol. The van der Waals surface area contributed by atoms with Crippen LogP contribution in [0.15, 0.2) is 158 Å². The lowest BCUT2D eigenvalue weighted by atomic mass is 9.96. The number of aromatic nitrogens is 3. The van der Waals surface area contributed by atoms with Gasteiger partial charge in [0.25, 0.3) is 0 Å². The number of fused-ring (bicyclic) bond motifs is 1. The molecule has 1 unspecified atom stereocenters. The van der Waals surface area contributed by atoms with Crippen LogP contribution < -0.4 is 10.2 Å². The number of anilines is 3. The van der Waals surface area contributed by atoms with E-state index in [4.69, 9.17) is 15.0 Å². The summed E-state index contributed by atoms with van der Waals surface area (Å²) in [5.41, 5.74) is 11.0. The van der Waals surface area contributed by atoms with Crippen molar-refractivity contribution in [3.8, 4) is 56.4 Å². The minimum absolute atomic E-state index is 0.190. The Morgan fingerprint density at radius 2 is 0.936 bits per heavy atom. The molecule has 0 bridgehead atoms. The lowest BCUT2D eigenvalue weighted by Gasteiger charge is -2.28. The Morgan fingerprint density at radius 3 is 1.57 bits per heavy atom. The molecule has 0 aliphatic carbocycles. The molecule has 226 valence electrons. The Bertz CT molecular complexity index is 2120. The van der Waals surface area contributed by atoms with Crippen LogP contribution in [-0.2, 0) is 0 Å². The van der Waals surface area contributed by atoms with Gasteiger partial charge in [0.15, 0.2) is 17.5 Å². The number of para-hydroxylation sites is 3. The Hall–Kier alpha value is -6.07. The monoisotopic (exact) mass is 607 g/mol. The van der Waals surface area contributed by atoms with Crippen LogP contribution in [0.5, 0.6) is 0 Å². The zero-order valence-corrected chi connectivity index (χ0v) is 26.1. The van der Waals surface area contributed by atoms with E-state index in [0.717, 1.165) is 34.2 Å². The summed E-state index contributed by atoms with van der Waals surface area (Å²) < 4.78 is 0. The van der Waals surface area contributed by atoms with Crippen molar-refractivity contribution in [2.45, 2.75) is 19.5 Å². The third-order valence-corrected chi connectivity index (χ3v) is 8.67. The van der Waals surface area contributed by atoms with Crippen molar-refractivity contribution in [1.82, 2.24) is 15.0 Å².